The molecule has 1 saturated heterocycles. The molecule has 1 saturated carbocycles. The lowest BCUT2D eigenvalue weighted by Gasteiger charge is -2.54. The van der Waals surface area contributed by atoms with Gasteiger partial charge in [0.05, 0.1) is 6.61 Å². The Balaban J connectivity index is 2.12. The lowest BCUT2D eigenvalue weighted by atomic mass is 9.78. The van der Waals surface area contributed by atoms with Crippen LogP contribution in [0.3, 0.4) is 0 Å². The molecule has 1 N–H and O–H groups in total. The Bertz CT molecular complexity index is 284. The highest BCUT2D eigenvalue weighted by Gasteiger charge is 2.44. The van der Waals surface area contributed by atoms with Crippen molar-refractivity contribution in [2.24, 2.45) is 0 Å². The number of hydrogen-bond donors (Lipinski definition) is 1. The molecule has 0 radical (unpaired) electrons. The van der Waals surface area contributed by atoms with Crippen molar-refractivity contribution in [3.8, 4) is 0 Å². The van der Waals surface area contributed by atoms with E-state index in [-0.39, 0.29) is 5.54 Å². The zero-order chi connectivity index (χ0) is 13.9. The van der Waals surface area contributed by atoms with Gasteiger partial charge in [0.1, 0.15) is 0 Å². The van der Waals surface area contributed by atoms with Crippen LogP contribution in [0.4, 0.5) is 0 Å². The Kier molecular flexibility index (Phi) is 4.91. The number of nitrogens with one attached hydrogen (secondary N) is 1. The molecule has 1 spiro atoms. The van der Waals surface area contributed by atoms with Crippen molar-refractivity contribution in [3.05, 3.63) is 0 Å². The van der Waals surface area contributed by atoms with Gasteiger partial charge < -0.3 is 10.1 Å². The number of ether oxygens (including phenoxy) is 1. The first-order valence-corrected chi connectivity index (χ1v) is 8.04. The average molecular weight is 268 g/mol. The number of hydrogen-bond acceptors (Lipinski definition) is 3. The molecule has 0 aromatic carbocycles. The highest BCUT2D eigenvalue weighted by Crippen LogP contribution is 2.35. The predicted molar refractivity (Wildman–Crippen MR) is 80.6 cm³/mol. The topological polar surface area (TPSA) is 24.5 Å². The van der Waals surface area contributed by atoms with E-state index in [1.54, 1.807) is 0 Å². The lowest BCUT2D eigenvalue weighted by molar-refractivity contribution is -0.0450. The van der Waals surface area contributed by atoms with Crippen LogP contribution in [-0.2, 0) is 4.74 Å². The van der Waals surface area contributed by atoms with Crippen LogP contribution < -0.4 is 5.32 Å². The summed E-state index contributed by atoms with van der Waals surface area (Å²) in [7, 11) is 1.82. The summed E-state index contributed by atoms with van der Waals surface area (Å²) < 4.78 is 5.47. The molecule has 1 aliphatic carbocycles. The standard InChI is InChI=1S/C16H32N2O/c1-5-14-11-17-16(9-7-6-8-10-16)12-18(14)15(2,3)13-19-4/h14,17H,5-13H2,1-4H3. The van der Waals surface area contributed by atoms with Gasteiger partial charge in [-0.05, 0) is 33.1 Å². The summed E-state index contributed by atoms with van der Waals surface area (Å²) in [6.07, 6.45) is 8.12. The molecule has 2 fully saturated rings. The first-order valence-electron chi connectivity index (χ1n) is 8.04. The molecule has 2 rings (SSSR count). The fourth-order valence-electron chi connectivity index (χ4n) is 4.03. The molecule has 0 aromatic heterocycles. The Labute approximate surface area is 119 Å². The third-order valence-electron chi connectivity index (χ3n) is 5.18. The molecule has 0 amide bonds. The number of methoxy groups -OCH3 is 1. The Morgan fingerprint density at radius 3 is 2.53 bits per heavy atom. The molecule has 1 unspecified atom stereocenters. The van der Waals surface area contributed by atoms with Crippen molar-refractivity contribution < 1.29 is 4.74 Å². The number of piperazine rings is 1. The van der Waals surface area contributed by atoms with Crippen LogP contribution in [0.15, 0.2) is 0 Å². The molecule has 2 aliphatic rings. The Morgan fingerprint density at radius 2 is 1.95 bits per heavy atom. The van der Waals surface area contributed by atoms with Crippen LogP contribution in [0.5, 0.6) is 0 Å². The minimum absolute atomic E-state index is 0.141. The molecule has 0 bridgehead atoms. The van der Waals surface area contributed by atoms with E-state index in [9.17, 15) is 0 Å². The summed E-state index contributed by atoms with van der Waals surface area (Å²) in [6.45, 7) is 10.1. The minimum Gasteiger partial charge on any atom is -0.383 e. The van der Waals surface area contributed by atoms with Gasteiger partial charge in [-0.1, -0.05) is 26.2 Å². The van der Waals surface area contributed by atoms with E-state index in [2.05, 4.69) is 31.0 Å². The first kappa shape index (κ1) is 15.3. The van der Waals surface area contributed by atoms with E-state index in [1.165, 1.54) is 45.1 Å². The summed E-state index contributed by atoms with van der Waals surface area (Å²) in [5.41, 5.74) is 0.525. The van der Waals surface area contributed by atoms with Crippen molar-refractivity contribution >= 4 is 0 Å². The quantitative estimate of drug-likeness (QED) is 0.848. The zero-order valence-corrected chi connectivity index (χ0v) is 13.3. The summed E-state index contributed by atoms with van der Waals surface area (Å²) in [5, 5.41) is 3.90. The molecule has 19 heavy (non-hydrogen) atoms. The van der Waals surface area contributed by atoms with Crippen molar-refractivity contribution in [2.75, 3.05) is 26.8 Å². The van der Waals surface area contributed by atoms with E-state index >= 15 is 0 Å². The van der Waals surface area contributed by atoms with Crippen molar-refractivity contribution in [1.29, 1.82) is 0 Å². The summed E-state index contributed by atoms with van der Waals surface area (Å²) in [4.78, 5) is 2.72. The SMILES string of the molecule is CCC1CNC2(CCCCC2)CN1C(C)(C)COC. The van der Waals surface area contributed by atoms with Gasteiger partial charge in [0.15, 0.2) is 0 Å². The van der Waals surface area contributed by atoms with Gasteiger partial charge in [-0.2, -0.15) is 0 Å². The second-order valence-electron chi connectivity index (χ2n) is 7.16. The highest BCUT2D eigenvalue weighted by atomic mass is 16.5. The fraction of sp³-hybridized carbons (Fsp3) is 1.00. The van der Waals surface area contributed by atoms with Gasteiger partial charge in [0.25, 0.3) is 0 Å². The largest absolute Gasteiger partial charge is 0.383 e. The van der Waals surface area contributed by atoms with E-state index in [1.807, 2.05) is 7.11 Å². The molecule has 112 valence electrons. The lowest BCUT2D eigenvalue weighted by Crippen LogP contribution is -2.69. The number of nitrogens with zero attached hydrogens (tertiary/aromatic N) is 1. The summed E-state index contributed by atoms with van der Waals surface area (Å²) >= 11 is 0. The molecule has 3 heteroatoms. The normalized spacial score (nSPS) is 28.7. The molecule has 3 nitrogen and oxygen atoms in total. The molecule has 1 heterocycles. The molecule has 0 aromatic rings. The monoisotopic (exact) mass is 268 g/mol. The minimum atomic E-state index is 0.141. The van der Waals surface area contributed by atoms with Gasteiger partial charge in [-0.3, -0.25) is 4.90 Å². The van der Waals surface area contributed by atoms with Crippen molar-refractivity contribution in [3.63, 3.8) is 0 Å². The van der Waals surface area contributed by atoms with Crippen LogP contribution in [0.1, 0.15) is 59.3 Å². The van der Waals surface area contributed by atoms with Crippen molar-refractivity contribution in [2.45, 2.75) is 76.4 Å². The second-order valence-corrected chi connectivity index (χ2v) is 7.16. The average Bonchev–Trinajstić information content (AvgIpc) is 2.40. The van der Waals surface area contributed by atoms with Gasteiger partial charge in [-0.15, -0.1) is 0 Å². The molecule has 1 atom stereocenters. The van der Waals surface area contributed by atoms with Crippen LogP contribution in [0.2, 0.25) is 0 Å². The third kappa shape index (κ3) is 3.32. The van der Waals surface area contributed by atoms with Gasteiger partial charge in [0, 0.05) is 37.3 Å². The second kappa shape index (κ2) is 6.11. The Hall–Kier alpha value is -0.120. The predicted octanol–water partition coefficient (Wildman–Crippen LogP) is 2.80. The van der Waals surface area contributed by atoms with E-state index in [4.69, 9.17) is 4.74 Å². The highest BCUT2D eigenvalue weighted by molar-refractivity contribution is 5.03. The molecular formula is C16H32N2O. The smallest absolute Gasteiger partial charge is 0.0641 e. The fourth-order valence-corrected chi connectivity index (χ4v) is 4.03. The van der Waals surface area contributed by atoms with E-state index < -0.39 is 0 Å². The summed E-state index contributed by atoms with van der Waals surface area (Å²) in [6, 6.07) is 0.651. The maximum Gasteiger partial charge on any atom is 0.0641 e. The maximum absolute atomic E-state index is 5.47. The maximum atomic E-state index is 5.47. The third-order valence-corrected chi connectivity index (χ3v) is 5.18. The zero-order valence-electron chi connectivity index (χ0n) is 13.3. The molecule has 1 aliphatic heterocycles. The van der Waals surface area contributed by atoms with Crippen molar-refractivity contribution in [1.82, 2.24) is 10.2 Å². The van der Waals surface area contributed by atoms with Gasteiger partial charge in [-0.25, -0.2) is 0 Å². The first-order chi connectivity index (χ1) is 9.03. The Morgan fingerprint density at radius 1 is 1.26 bits per heavy atom. The number of rotatable bonds is 4. The van der Waals surface area contributed by atoms with Crippen LogP contribution in [-0.4, -0.2) is 48.8 Å². The van der Waals surface area contributed by atoms with E-state index in [0.29, 0.717) is 11.6 Å². The summed E-state index contributed by atoms with van der Waals surface area (Å²) in [5.74, 6) is 0. The van der Waals surface area contributed by atoms with Crippen LogP contribution >= 0.6 is 0 Å². The van der Waals surface area contributed by atoms with E-state index in [0.717, 1.165) is 13.2 Å². The van der Waals surface area contributed by atoms with Crippen LogP contribution in [0, 0.1) is 0 Å². The van der Waals surface area contributed by atoms with Gasteiger partial charge >= 0.3 is 0 Å². The molecular weight excluding hydrogens is 236 g/mol. The van der Waals surface area contributed by atoms with Crippen LogP contribution in [0.25, 0.3) is 0 Å². The van der Waals surface area contributed by atoms with Gasteiger partial charge in [0.2, 0.25) is 0 Å².